The van der Waals surface area contributed by atoms with Gasteiger partial charge in [0.15, 0.2) is 11.6 Å². The molecule has 0 saturated carbocycles. The van der Waals surface area contributed by atoms with Crippen LogP contribution in [0.4, 0.5) is 0 Å². The zero-order valence-corrected chi connectivity index (χ0v) is 60.7. The lowest BCUT2D eigenvalue weighted by atomic mass is 10.00. The van der Waals surface area contributed by atoms with Crippen molar-refractivity contribution in [1.82, 2.24) is 43.2 Å². The third-order valence-electron chi connectivity index (χ3n) is 21.7. The van der Waals surface area contributed by atoms with E-state index in [-0.39, 0.29) is 0 Å². The van der Waals surface area contributed by atoms with E-state index in [9.17, 15) is 0 Å². The van der Waals surface area contributed by atoms with Gasteiger partial charge in [0, 0.05) is 99.2 Å². The van der Waals surface area contributed by atoms with Gasteiger partial charge >= 0.3 is 0 Å². The molecule has 22 rings (SSSR count). The van der Waals surface area contributed by atoms with Crippen LogP contribution in [0.15, 0.2) is 406 Å². The van der Waals surface area contributed by atoms with Gasteiger partial charge in [-0.2, -0.15) is 0 Å². The van der Waals surface area contributed by atoms with Gasteiger partial charge in [0.2, 0.25) is 0 Å². The van der Waals surface area contributed by atoms with Gasteiger partial charge < -0.3 is 18.3 Å². The maximum Gasteiger partial charge on any atom is 0.179 e. The van der Waals surface area contributed by atoms with Crippen molar-refractivity contribution in [3.63, 3.8) is 0 Å². The topological polar surface area (TPSA) is 84.2 Å². The van der Waals surface area contributed by atoms with E-state index in [1.54, 1.807) is 0 Å². The molecule has 0 radical (unpaired) electrons. The van der Waals surface area contributed by atoms with E-state index in [1.165, 1.54) is 81.8 Å². The summed E-state index contributed by atoms with van der Waals surface area (Å²) in [6.07, 6.45) is 0. The number of benzene rings is 15. The van der Waals surface area contributed by atoms with Crippen LogP contribution >= 0.6 is 0 Å². The lowest BCUT2D eigenvalue weighted by molar-refractivity contribution is 1.14. The number of rotatable bonds is 12. The summed E-state index contributed by atoms with van der Waals surface area (Å²) in [5, 5.41) is 9.88. The Bertz CT molecular complexity index is 7100. The lowest BCUT2D eigenvalue weighted by Crippen LogP contribution is -1.98. The molecule has 9 heteroatoms. The molecule has 0 aliphatic carbocycles. The van der Waals surface area contributed by atoms with Crippen molar-refractivity contribution in [2.24, 2.45) is 0 Å². The molecule has 524 valence electrons. The van der Waals surface area contributed by atoms with Crippen LogP contribution in [-0.4, -0.2) is 43.2 Å². The van der Waals surface area contributed by atoms with Gasteiger partial charge in [-0.1, -0.05) is 273 Å². The molecule has 0 amide bonds. The summed E-state index contributed by atoms with van der Waals surface area (Å²) in [5.74, 6) is 1.31. The number of hydrogen-bond acceptors (Lipinski definition) is 5. The van der Waals surface area contributed by atoms with Crippen LogP contribution in [0.2, 0.25) is 0 Å². The lowest BCUT2D eigenvalue weighted by Gasteiger charge is -2.12. The average Bonchev–Trinajstić information content (AvgIpc) is 1.60. The van der Waals surface area contributed by atoms with Crippen molar-refractivity contribution in [2.45, 2.75) is 0 Å². The molecule has 0 atom stereocenters. The molecule has 9 nitrogen and oxygen atoms in total. The largest absolute Gasteiger partial charge is 0.309 e. The Morgan fingerprint density at radius 2 is 0.393 bits per heavy atom. The molecule has 15 aromatic carbocycles. The Kier molecular flexibility index (Phi) is 16.0. The normalized spacial score (nSPS) is 11.6. The first-order chi connectivity index (χ1) is 55.5. The molecule has 0 bridgehead atoms. The number of pyridine rings is 1. The summed E-state index contributed by atoms with van der Waals surface area (Å²) in [4.78, 5) is 25.3. The van der Waals surface area contributed by atoms with Gasteiger partial charge in [-0.15, -0.1) is 0 Å². The molecule has 0 unspecified atom stereocenters. The highest BCUT2D eigenvalue weighted by Gasteiger charge is 2.21. The van der Waals surface area contributed by atoms with Gasteiger partial charge in [-0.05, 0) is 145 Å². The Morgan fingerprint density at radius 1 is 0.134 bits per heavy atom. The molecular weight excluding hydrogens is 1360 g/mol. The fourth-order valence-electron chi connectivity index (χ4n) is 16.4. The Balaban J connectivity index is 0.000000141. The molecule has 0 aliphatic heterocycles. The first-order valence-corrected chi connectivity index (χ1v) is 37.9. The minimum absolute atomic E-state index is 0.592. The Morgan fingerprint density at radius 3 is 0.759 bits per heavy atom. The number of aromatic nitrogens is 9. The van der Waals surface area contributed by atoms with Gasteiger partial charge in [-0.3, -0.25) is 0 Å². The van der Waals surface area contributed by atoms with Crippen LogP contribution in [0.25, 0.3) is 200 Å². The van der Waals surface area contributed by atoms with Crippen molar-refractivity contribution < 1.29 is 0 Å². The second kappa shape index (κ2) is 27.5. The second-order valence-corrected chi connectivity index (χ2v) is 28.3. The van der Waals surface area contributed by atoms with Crippen LogP contribution in [-0.2, 0) is 0 Å². The summed E-state index contributed by atoms with van der Waals surface area (Å²) >= 11 is 0. The first-order valence-electron chi connectivity index (χ1n) is 37.9. The summed E-state index contributed by atoms with van der Waals surface area (Å²) in [6.45, 7) is 0. The average molecular weight is 1430 g/mol. The Hall–Kier alpha value is -15.2. The number of para-hydroxylation sites is 6. The van der Waals surface area contributed by atoms with E-state index in [4.69, 9.17) is 24.9 Å². The van der Waals surface area contributed by atoms with Gasteiger partial charge in [-0.25, -0.2) is 24.9 Å². The van der Waals surface area contributed by atoms with Crippen molar-refractivity contribution in [3.8, 4) is 113 Å². The summed E-state index contributed by atoms with van der Waals surface area (Å²) in [5.41, 5.74) is 27.7. The second-order valence-electron chi connectivity index (χ2n) is 28.3. The van der Waals surface area contributed by atoms with Crippen molar-refractivity contribution in [1.29, 1.82) is 0 Å². The van der Waals surface area contributed by atoms with Crippen LogP contribution < -0.4 is 0 Å². The molecule has 0 aliphatic rings. The monoisotopic (exact) mass is 1430 g/mol. The number of hydrogen-bond donors (Lipinski definition) is 0. The van der Waals surface area contributed by atoms with Crippen molar-refractivity contribution >= 4 is 87.2 Å². The third kappa shape index (κ3) is 11.5. The Labute approximate surface area is 645 Å². The van der Waals surface area contributed by atoms with Gasteiger partial charge in [0.1, 0.15) is 5.69 Å². The van der Waals surface area contributed by atoms with Crippen molar-refractivity contribution in [2.75, 3.05) is 0 Å². The van der Waals surface area contributed by atoms with E-state index in [1.807, 2.05) is 84.9 Å². The third-order valence-corrected chi connectivity index (χ3v) is 21.7. The summed E-state index contributed by atoms with van der Waals surface area (Å²) < 4.78 is 9.48. The van der Waals surface area contributed by atoms with E-state index < -0.39 is 0 Å². The summed E-state index contributed by atoms with van der Waals surface area (Å²) in [6, 6.07) is 143. The molecule has 22 aromatic rings. The van der Waals surface area contributed by atoms with Gasteiger partial charge in [0.05, 0.1) is 72.6 Å². The molecule has 0 spiro atoms. The van der Waals surface area contributed by atoms with Gasteiger partial charge in [0.25, 0.3) is 0 Å². The van der Waals surface area contributed by atoms with Crippen LogP contribution in [0.5, 0.6) is 0 Å². The van der Waals surface area contributed by atoms with E-state index in [2.05, 4.69) is 340 Å². The van der Waals surface area contributed by atoms with Crippen LogP contribution in [0.3, 0.4) is 0 Å². The molecule has 0 saturated heterocycles. The minimum Gasteiger partial charge on any atom is -0.309 e. The molecule has 112 heavy (non-hydrogen) atoms. The molecule has 7 heterocycles. The molecule has 0 N–H and O–H groups in total. The van der Waals surface area contributed by atoms with E-state index >= 15 is 0 Å². The zero-order chi connectivity index (χ0) is 74.0. The maximum absolute atomic E-state index is 5.18. The molecule has 7 aromatic heterocycles. The predicted octanol–water partition coefficient (Wildman–Crippen LogP) is 26.1. The highest BCUT2D eigenvalue weighted by atomic mass is 15.0. The van der Waals surface area contributed by atoms with Crippen LogP contribution in [0.1, 0.15) is 0 Å². The first kappa shape index (κ1) is 65.1. The summed E-state index contributed by atoms with van der Waals surface area (Å²) in [7, 11) is 0. The number of fused-ring (bicyclic) bond motifs is 12. The fourth-order valence-corrected chi connectivity index (χ4v) is 16.4. The fraction of sp³-hybridized carbons (Fsp3) is 0. The number of nitrogens with zero attached hydrogens (tertiary/aromatic N) is 9. The zero-order valence-electron chi connectivity index (χ0n) is 60.7. The standard InChI is InChI=1S/C52H34N4.C51H33N5/c1-3-13-36(14-4-1)46-34-47(54-52(53-46)38-15-5-2-6-16-38)37-25-23-35(24-26-37)39-27-32-51-45(33-39)44-19-9-12-22-50(44)56(51)41-30-28-40(29-31-41)55-48-20-10-7-17-42(48)43-18-8-11-21-49(43)55;1-3-14-34(15-4-1)45-33-46(35-16-5-2-6-17-35)54-51(53-45)44-22-13-21-43(52-44)36-26-31-50-42(32-36)41-20-9-12-25-49(41)56(50)38-29-27-37(28-30-38)55-47-23-10-7-18-39(47)40-19-8-11-24-48(40)55/h1-34H;1-33H. The van der Waals surface area contributed by atoms with E-state index in [0.717, 1.165) is 107 Å². The molecular formula is C103H67N9. The quantitative estimate of drug-likeness (QED) is 0.122. The SMILES string of the molecule is c1ccc(-c2cc(-c3ccc(-c4ccc5c(c4)c4ccccc4n5-c4ccc(-n5c6ccccc6c6ccccc65)cc4)cc3)nc(-c3ccccc3)n2)cc1.c1ccc(-c2cc(-c3ccccc3)nc(-c3cccc(-c4ccc5c(c4)c4ccccc4n5-c4ccc(-n5c6ccccc6c6ccccc65)cc4)n3)n2)cc1. The highest BCUT2D eigenvalue weighted by molar-refractivity contribution is 6.13. The maximum atomic E-state index is 5.18. The van der Waals surface area contributed by atoms with Crippen LogP contribution in [0, 0.1) is 0 Å². The predicted molar refractivity (Wildman–Crippen MR) is 463 cm³/mol. The van der Waals surface area contributed by atoms with Crippen molar-refractivity contribution in [3.05, 3.63) is 406 Å². The van der Waals surface area contributed by atoms with E-state index in [0.29, 0.717) is 11.6 Å². The minimum atomic E-state index is 0.592. The molecule has 0 fully saturated rings. The smallest absolute Gasteiger partial charge is 0.179 e. The highest BCUT2D eigenvalue weighted by Crippen LogP contribution is 2.41.